The predicted molar refractivity (Wildman–Crippen MR) is 85.1 cm³/mol. The Balaban J connectivity index is 1.67. The monoisotopic (exact) mass is 300 g/mol. The van der Waals surface area contributed by atoms with Gasteiger partial charge in [0.2, 0.25) is 5.95 Å². The first kappa shape index (κ1) is 15.8. The van der Waals surface area contributed by atoms with Crippen molar-refractivity contribution in [2.45, 2.75) is 13.3 Å². The van der Waals surface area contributed by atoms with Gasteiger partial charge in [-0.05, 0) is 43.7 Å². The smallest absolute Gasteiger partial charge is 0.251 e. The number of carbonyl (C=O) groups is 1. The molecule has 0 bridgehead atoms. The third-order valence-corrected chi connectivity index (χ3v) is 2.92. The molecule has 0 aliphatic heterocycles. The molecule has 0 saturated carbocycles. The van der Waals surface area contributed by atoms with Gasteiger partial charge in [-0.1, -0.05) is 0 Å². The number of nitrogens with zero attached hydrogens (tertiary/aromatic N) is 2. The van der Waals surface area contributed by atoms with Gasteiger partial charge in [0.1, 0.15) is 5.75 Å². The Bertz CT molecular complexity index is 572. The van der Waals surface area contributed by atoms with Crippen molar-refractivity contribution in [2.75, 3.05) is 25.0 Å². The van der Waals surface area contributed by atoms with Crippen molar-refractivity contribution in [3.8, 4) is 5.75 Å². The number of amides is 1. The first-order chi connectivity index (χ1) is 10.8. The molecule has 1 amide bonds. The fourth-order valence-corrected chi connectivity index (χ4v) is 1.85. The number of rotatable bonds is 8. The van der Waals surface area contributed by atoms with Crippen LogP contribution < -0.4 is 15.4 Å². The minimum atomic E-state index is -0.0843. The highest BCUT2D eigenvalue weighted by Gasteiger charge is 2.04. The van der Waals surface area contributed by atoms with Crippen LogP contribution in [0.25, 0.3) is 0 Å². The molecular formula is C16H20N4O2. The van der Waals surface area contributed by atoms with E-state index in [4.69, 9.17) is 4.74 Å². The number of aromatic nitrogens is 2. The predicted octanol–water partition coefficient (Wildman–Crippen LogP) is 2.11. The van der Waals surface area contributed by atoms with Crippen molar-refractivity contribution in [1.82, 2.24) is 15.3 Å². The van der Waals surface area contributed by atoms with Gasteiger partial charge in [0.25, 0.3) is 5.91 Å². The number of carbonyl (C=O) groups excluding carboxylic acids is 1. The van der Waals surface area contributed by atoms with E-state index in [2.05, 4.69) is 20.6 Å². The first-order valence-electron chi connectivity index (χ1n) is 7.31. The molecule has 6 nitrogen and oxygen atoms in total. The van der Waals surface area contributed by atoms with Crippen molar-refractivity contribution >= 4 is 11.9 Å². The normalized spacial score (nSPS) is 10.0. The van der Waals surface area contributed by atoms with Crippen LogP contribution in [0.5, 0.6) is 5.75 Å². The molecule has 6 heteroatoms. The second-order valence-electron chi connectivity index (χ2n) is 4.57. The lowest BCUT2D eigenvalue weighted by molar-refractivity contribution is 0.0953. The Morgan fingerprint density at radius 3 is 2.55 bits per heavy atom. The maximum Gasteiger partial charge on any atom is 0.251 e. The lowest BCUT2D eigenvalue weighted by Gasteiger charge is -2.07. The SMILES string of the molecule is CCOc1ccc(C(=O)NCCCNc2ncccn2)cc1. The van der Waals surface area contributed by atoms with Crippen LogP contribution in [0.1, 0.15) is 23.7 Å². The molecule has 1 aromatic heterocycles. The van der Waals surface area contributed by atoms with E-state index < -0.39 is 0 Å². The third-order valence-electron chi connectivity index (χ3n) is 2.92. The molecule has 116 valence electrons. The fraction of sp³-hybridized carbons (Fsp3) is 0.312. The molecule has 0 aliphatic carbocycles. The van der Waals surface area contributed by atoms with Gasteiger partial charge in [0.15, 0.2) is 0 Å². The van der Waals surface area contributed by atoms with E-state index >= 15 is 0 Å². The number of hydrogen-bond acceptors (Lipinski definition) is 5. The molecule has 1 aromatic carbocycles. The highest BCUT2D eigenvalue weighted by atomic mass is 16.5. The zero-order chi connectivity index (χ0) is 15.6. The molecule has 0 saturated heterocycles. The van der Waals surface area contributed by atoms with E-state index in [9.17, 15) is 4.79 Å². The zero-order valence-corrected chi connectivity index (χ0v) is 12.6. The quantitative estimate of drug-likeness (QED) is 0.730. The Morgan fingerprint density at radius 1 is 1.14 bits per heavy atom. The maximum absolute atomic E-state index is 11.9. The van der Waals surface area contributed by atoms with Crippen LogP contribution in [-0.4, -0.2) is 35.6 Å². The minimum Gasteiger partial charge on any atom is -0.494 e. The molecule has 0 radical (unpaired) electrons. The Labute approximate surface area is 129 Å². The van der Waals surface area contributed by atoms with E-state index in [1.807, 2.05) is 6.92 Å². The van der Waals surface area contributed by atoms with Gasteiger partial charge < -0.3 is 15.4 Å². The fourth-order valence-electron chi connectivity index (χ4n) is 1.85. The van der Waals surface area contributed by atoms with Gasteiger partial charge >= 0.3 is 0 Å². The van der Waals surface area contributed by atoms with E-state index in [0.717, 1.165) is 12.2 Å². The van der Waals surface area contributed by atoms with E-state index in [0.29, 0.717) is 31.2 Å². The molecule has 0 spiro atoms. The van der Waals surface area contributed by atoms with Crippen LogP contribution in [0.15, 0.2) is 42.7 Å². The number of nitrogens with one attached hydrogen (secondary N) is 2. The van der Waals surface area contributed by atoms with Gasteiger partial charge in [-0.3, -0.25) is 4.79 Å². The molecule has 0 fully saturated rings. The summed E-state index contributed by atoms with van der Waals surface area (Å²) >= 11 is 0. The standard InChI is InChI=1S/C16H20N4O2/c1-2-22-14-7-5-13(6-8-14)15(21)17-9-3-10-18-16-19-11-4-12-20-16/h4-8,11-12H,2-3,9-10H2,1H3,(H,17,21)(H,18,19,20). The summed E-state index contributed by atoms with van der Waals surface area (Å²) < 4.78 is 5.34. The average Bonchev–Trinajstić information content (AvgIpc) is 2.56. The molecule has 0 unspecified atom stereocenters. The summed E-state index contributed by atoms with van der Waals surface area (Å²) in [7, 11) is 0. The second-order valence-corrected chi connectivity index (χ2v) is 4.57. The van der Waals surface area contributed by atoms with Crippen LogP contribution in [-0.2, 0) is 0 Å². The molecular weight excluding hydrogens is 280 g/mol. The lowest BCUT2D eigenvalue weighted by atomic mass is 10.2. The zero-order valence-electron chi connectivity index (χ0n) is 12.6. The topological polar surface area (TPSA) is 76.1 Å². The van der Waals surface area contributed by atoms with Gasteiger partial charge in [-0.2, -0.15) is 0 Å². The van der Waals surface area contributed by atoms with E-state index in [-0.39, 0.29) is 5.91 Å². The minimum absolute atomic E-state index is 0.0843. The number of anilines is 1. The number of hydrogen-bond donors (Lipinski definition) is 2. The van der Waals surface area contributed by atoms with Crippen molar-refractivity contribution in [1.29, 1.82) is 0 Å². The van der Waals surface area contributed by atoms with Gasteiger partial charge in [0.05, 0.1) is 6.61 Å². The largest absolute Gasteiger partial charge is 0.494 e. The first-order valence-corrected chi connectivity index (χ1v) is 7.31. The van der Waals surface area contributed by atoms with Gasteiger partial charge in [-0.25, -0.2) is 9.97 Å². The molecule has 2 rings (SSSR count). The summed E-state index contributed by atoms with van der Waals surface area (Å²) in [6, 6.07) is 8.88. The Hall–Kier alpha value is -2.63. The van der Waals surface area contributed by atoms with E-state index in [1.54, 1.807) is 42.7 Å². The van der Waals surface area contributed by atoms with Crippen LogP contribution in [0.3, 0.4) is 0 Å². The van der Waals surface area contributed by atoms with Crippen LogP contribution in [0.2, 0.25) is 0 Å². The summed E-state index contributed by atoms with van der Waals surface area (Å²) in [4.78, 5) is 20.1. The van der Waals surface area contributed by atoms with Gasteiger partial charge in [-0.15, -0.1) is 0 Å². The molecule has 1 heterocycles. The summed E-state index contributed by atoms with van der Waals surface area (Å²) in [6.07, 6.45) is 4.16. The van der Waals surface area contributed by atoms with Crippen LogP contribution in [0.4, 0.5) is 5.95 Å². The third kappa shape index (κ3) is 5.05. The van der Waals surface area contributed by atoms with Gasteiger partial charge in [0, 0.05) is 31.0 Å². The molecule has 0 aliphatic rings. The van der Waals surface area contributed by atoms with Crippen LogP contribution in [0, 0.1) is 0 Å². The summed E-state index contributed by atoms with van der Waals surface area (Å²) in [6.45, 7) is 3.83. The lowest BCUT2D eigenvalue weighted by Crippen LogP contribution is -2.25. The highest BCUT2D eigenvalue weighted by Crippen LogP contribution is 2.11. The van der Waals surface area contributed by atoms with Crippen LogP contribution >= 0.6 is 0 Å². The summed E-state index contributed by atoms with van der Waals surface area (Å²) in [5, 5.41) is 5.97. The molecule has 22 heavy (non-hydrogen) atoms. The Morgan fingerprint density at radius 2 is 1.86 bits per heavy atom. The van der Waals surface area contributed by atoms with Crippen molar-refractivity contribution in [2.24, 2.45) is 0 Å². The number of ether oxygens (including phenoxy) is 1. The molecule has 0 atom stereocenters. The van der Waals surface area contributed by atoms with Crippen molar-refractivity contribution in [3.63, 3.8) is 0 Å². The van der Waals surface area contributed by atoms with E-state index in [1.165, 1.54) is 0 Å². The van der Waals surface area contributed by atoms with Crippen molar-refractivity contribution in [3.05, 3.63) is 48.3 Å². The number of benzene rings is 1. The molecule has 2 N–H and O–H groups in total. The molecule has 2 aromatic rings. The maximum atomic E-state index is 11.9. The Kier molecular flexibility index (Phi) is 6.17. The van der Waals surface area contributed by atoms with Crippen molar-refractivity contribution < 1.29 is 9.53 Å². The average molecular weight is 300 g/mol. The summed E-state index contributed by atoms with van der Waals surface area (Å²) in [5.74, 6) is 1.28. The second kappa shape index (κ2) is 8.61. The highest BCUT2D eigenvalue weighted by molar-refractivity contribution is 5.94. The summed E-state index contributed by atoms with van der Waals surface area (Å²) in [5.41, 5.74) is 0.628.